The summed E-state index contributed by atoms with van der Waals surface area (Å²) in [4.78, 5) is 2.44. The van der Waals surface area contributed by atoms with Crippen molar-refractivity contribution < 1.29 is 8.83 Å². The van der Waals surface area contributed by atoms with Crippen LogP contribution in [0.5, 0.6) is 0 Å². The Morgan fingerprint density at radius 3 is 2.55 bits per heavy atom. The van der Waals surface area contributed by atoms with E-state index >= 15 is 0 Å². The third-order valence-corrected chi connectivity index (χ3v) is 4.00. The van der Waals surface area contributed by atoms with E-state index in [1.165, 1.54) is 12.8 Å². The lowest BCUT2D eigenvalue weighted by atomic mass is 10.0. The first kappa shape index (κ1) is 13.5. The molecule has 1 aliphatic rings. The van der Waals surface area contributed by atoms with Crippen molar-refractivity contribution >= 4 is 0 Å². The second kappa shape index (κ2) is 5.85. The van der Waals surface area contributed by atoms with Gasteiger partial charge in [-0.05, 0) is 43.5 Å². The molecule has 4 heteroatoms. The highest BCUT2D eigenvalue weighted by atomic mass is 16.3. The van der Waals surface area contributed by atoms with Gasteiger partial charge in [0.15, 0.2) is 0 Å². The van der Waals surface area contributed by atoms with E-state index in [1.54, 1.807) is 12.5 Å². The van der Waals surface area contributed by atoms with E-state index in [4.69, 9.17) is 14.6 Å². The van der Waals surface area contributed by atoms with Crippen LogP contribution in [0.3, 0.4) is 0 Å². The van der Waals surface area contributed by atoms with Crippen molar-refractivity contribution in [2.75, 3.05) is 0 Å². The van der Waals surface area contributed by atoms with E-state index in [-0.39, 0.29) is 12.1 Å². The fourth-order valence-electron chi connectivity index (χ4n) is 2.75. The second-order valence-electron chi connectivity index (χ2n) is 5.52. The van der Waals surface area contributed by atoms with Crippen molar-refractivity contribution in [1.82, 2.24) is 4.90 Å². The van der Waals surface area contributed by atoms with E-state index in [0.29, 0.717) is 6.04 Å². The zero-order chi connectivity index (χ0) is 13.9. The van der Waals surface area contributed by atoms with Gasteiger partial charge < -0.3 is 14.6 Å². The summed E-state index contributed by atoms with van der Waals surface area (Å²) >= 11 is 0. The minimum absolute atomic E-state index is 0.0664. The van der Waals surface area contributed by atoms with E-state index in [9.17, 15) is 0 Å². The van der Waals surface area contributed by atoms with Crippen LogP contribution in [0.25, 0.3) is 0 Å². The fraction of sp³-hybridized carbons (Fsp3) is 0.500. The highest BCUT2D eigenvalue weighted by Gasteiger charge is 2.38. The topological polar surface area (TPSA) is 55.5 Å². The zero-order valence-corrected chi connectivity index (χ0v) is 11.9. The average Bonchev–Trinajstić information content (AvgIpc) is 2.94. The van der Waals surface area contributed by atoms with Crippen LogP contribution in [0.4, 0.5) is 0 Å². The molecular formula is C16H22N2O2. The molecule has 2 heterocycles. The summed E-state index contributed by atoms with van der Waals surface area (Å²) in [5.74, 6) is 1.94. The minimum Gasteiger partial charge on any atom is -0.468 e. The lowest BCUT2D eigenvalue weighted by Gasteiger charge is -2.33. The molecule has 0 aliphatic heterocycles. The van der Waals surface area contributed by atoms with Gasteiger partial charge in [0.05, 0.1) is 25.1 Å². The number of rotatable bonds is 7. The van der Waals surface area contributed by atoms with E-state index in [1.807, 2.05) is 24.3 Å². The SMILES string of the molecule is CCC(N)C(c1ccco1)N(Cc1ccco1)C1CC1. The predicted octanol–water partition coefficient (Wildman–Crippen LogP) is 3.32. The van der Waals surface area contributed by atoms with Gasteiger partial charge in [-0.3, -0.25) is 4.90 Å². The summed E-state index contributed by atoms with van der Waals surface area (Å²) in [6.45, 7) is 2.91. The number of nitrogens with two attached hydrogens (primary N) is 1. The zero-order valence-electron chi connectivity index (χ0n) is 11.9. The van der Waals surface area contributed by atoms with Gasteiger partial charge in [0.2, 0.25) is 0 Å². The smallest absolute Gasteiger partial charge is 0.122 e. The molecule has 0 aromatic carbocycles. The molecule has 2 unspecified atom stereocenters. The van der Waals surface area contributed by atoms with Crippen LogP contribution < -0.4 is 5.73 Å². The standard InChI is InChI=1S/C16H22N2O2/c1-2-14(17)16(15-6-4-10-20-15)18(12-7-8-12)11-13-5-3-9-19-13/h3-6,9-10,12,14,16H,2,7-8,11,17H2,1H3. The maximum atomic E-state index is 6.37. The largest absolute Gasteiger partial charge is 0.468 e. The highest BCUT2D eigenvalue weighted by Crippen LogP contribution is 2.37. The van der Waals surface area contributed by atoms with Crippen molar-refractivity contribution in [3.8, 4) is 0 Å². The molecule has 2 aromatic rings. The number of furan rings is 2. The monoisotopic (exact) mass is 274 g/mol. The molecule has 0 saturated heterocycles. The van der Waals surface area contributed by atoms with Crippen LogP contribution in [-0.4, -0.2) is 17.0 Å². The predicted molar refractivity (Wildman–Crippen MR) is 77.0 cm³/mol. The maximum absolute atomic E-state index is 6.37. The Morgan fingerprint density at radius 1 is 1.25 bits per heavy atom. The van der Waals surface area contributed by atoms with Crippen molar-refractivity contribution in [2.24, 2.45) is 5.73 Å². The van der Waals surface area contributed by atoms with Gasteiger partial charge in [-0.1, -0.05) is 6.92 Å². The van der Waals surface area contributed by atoms with Crippen LogP contribution in [0.15, 0.2) is 45.6 Å². The Labute approximate surface area is 119 Å². The molecule has 1 saturated carbocycles. The molecule has 0 amide bonds. The molecule has 0 spiro atoms. The molecule has 0 radical (unpaired) electrons. The lowest BCUT2D eigenvalue weighted by molar-refractivity contribution is 0.121. The van der Waals surface area contributed by atoms with Crippen molar-refractivity contribution in [2.45, 2.75) is 50.9 Å². The molecule has 2 atom stereocenters. The third-order valence-electron chi connectivity index (χ3n) is 4.00. The van der Waals surface area contributed by atoms with Crippen LogP contribution >= 0.6 is 0 Å². The summed E-state index contributed by atoms with van der Waals surface area (Å²) < 4.78 is 11.2. The van der Waals surface area contributed by atoms with Crippen molar-refractivity contribution in [3.63, 3.8) is 0 Å². The molecule has 2 aromatic heterocycles. The van der Waals surface area contributed by atoms with E-state index in [2.05, 4.69) is 11.8 Å². The fourth-order valence-corrected chi connectivity index (χ4v) is 2.75. The first-order chi connectivity index (χ1) is 9.79. The van der Waals surface area contributed by atoms with Crippen molar-refractivity contribution in [3.05, 3.63) is 48.3 Å². The molecule has 1 fully saturated rings. The Bertz CT molecular complexity index is 503. The van der Waals surface area contributed by atoms with Gasteiger partial charge >= 0.3 is 0 Å². The van der Waals surface area contributed by atoms with Crippen LogP contribution in [0.2, 0.25) is 0 Å². The van der Waals surface area contributed by atoms with E-state index < -0.39 is 0 Å². The molecule has 0 bridgehead atoms. The van der Waals surface area contributed by atoms with Gasteiger partial charge in [0.1, 0.15) is 11.5 Å². The number of nitrogens with zero attached hydrogens (tertiary/aromatic N) is 1. The summed E-state index contributed by atoms with van der Waals surface area (Å²) in [6.07, 6.45) is 6.83. The molecule has 2 N–H and O–H groups in total. The maximum Gasteiger partial charge on any atom is 0.122 e. The van der Waals surface area contributed by atoms with Crippen LogP contribution in [0, 0.1) is 0 Å². The lowest BCUT2D eigenvalue weighted by Crippen LogP contribution is -2.41. The first-order valence-electron chi connectivity index (χ1n) is 7.36. The van der Waals surface area contributed by atoms with Gasteiger partial charge in [0, 0.05) is 12.1 Å². The Kier molecular flexibility index (Phi) is 3.94. The highest BCUT2D eigenvalue weighted by molar-refractivity contribution is 5.11. The van der Waals surface area contributed by atoms with Crippen molar-refractivity contribution in [1.29, 1.82) is 0 Å². The van der Waals surface area contributed by atoms with E-state index in [0.717, 1.165) is 24.5 Å². The van der Waals surface area contributed by atoms with Crippen LogP contribution in [-0.2, 0) is 6.54 Å². The average molecular weight is 274 g/mol. The van der Waals surface area contributed by atoms with Gasteiger partial charge in [-0.15, -0.1) is 0 Å². The summed E-state index contributed by atoms with van der Waals surface area (Å²) in [7, 11) is 0. The molecule has 1 aliphatic carbocycles. The summed E-state index contributed by atoms with van der Waals surface area (Å²) in [6, 6.07) is 8.69. The molecule has 3 rings (SSSR count). The van der Waals surface area contributed by atoms with Gasteiger partial charge in [-0.2, -0.15) is 0 Å². The quantitative estimate of drug-likeness (QED) is 0.841. The van der Waals surface area contributed by atoms with Gasteiger partial charge in [-0.25, -0.2) is 0 Å². The number of hydrogen-bond donors (Lipinski definition) is 1. The Morgan fingerprint density at radius 2 is 2.00 bits per heavy atom. The normalized spacial score (nSPS) is 18.4. The third kappa shape index (κ3) is 2.81. The Balaban J connectivity index is 1.85. The summed E-state index contributed by atoms with van der Waals surface area (Å²) in [5.41, 5.74) is 6.37. The molecular weight excluding hydrogens is 252 g/mol. The van der Waals surface area contributed by atoms with Gasteiger partial charge in [0.25, 0.3) is 0 Å². The molecule has 20 heavy (non-hydrogen) atoms. The molecule has 108 valence electrons. The minimum atomic E-state index is 0.0664. The second-order valence-corrected chi connectivity index (χ2v) is 5.52. The number of hydrogen-bond acceptors (Lipinski definition) is 4. The molecule has 4 nitrogen and oxygen atoms in total. The Hall–Kier alpha value is -1.52. The van der Waals surface area contributed by atoms with Crippen LogP contribution in [0.1, 0.15) is 43.7 Å². The summed E-state index contributed by atoms with van der Waals surface area (Å²) in [5, 5.41) is 0. The first-order valence-corrected chi connectivity index (χ1v) is 7.36.